The summed E-state index contributed by atoms with van der Waals surface area (Å²) in [4.78, 5) is 10.7. The van der Waals surface area contributed by atoms with E-state index in [4.69, 9.17) is 5.73 Å². The molecule has 1 rings (SSSR count). The molecule has 0 saturated carbocycles. The van der Waals surface area contributed by atoms with Gasteiger partial charge in [-0.25, -0.2) is 4.79 Å². The number of nitrogens with two attached hydrogens (primary N) is 1. The molecule has 0 radical (unpaired) electrons. The lowest BCUT2D eigenvalue weighted by Crippen LogP contribution is -2.20. The molecule has 6 heteroatoms. The van der Waals surface area contributed by atoms with E-state index in [1.165, 1.54) is 18.6 Å². The van der Waals surface area contributed by atoms with Crippen LogP contribution in [0.25, 0.3) is 0 Å². The number of hydrogen-bond acceptors (Lipinski definition) is 1. The molecule has 2 amide bonds. The molecule has 0 aliphatic heterocycles. The van der Waals surface area contributed by atoms with Crippen LogP contribution in [0.4, 0.5) is 23.7 Å². The average molecular weight is 316 g/mol. The van der Waals surface area contributed by atoms with Gasteiger partial charge >= 0.3 is 12.2 Å². The Morgan fingerprint density at radius 1 is 1.14 bits per heavy atom. The maximum atomic E-state index is 13.1. The number of alkyl halides is 3. The molecule has 1 aromatic carbocycles. The SMILES string of the molecule is CCCCCCCCc1ccc(NC(N)=O)cc1C(F)(F)F. The van der Waals surface area contributed by atoms with Gasteiger partial charge in [-0.3, -0.25) is 0 Å². The van der Waals surface area contributed by atoms with Gasteiger partial charge in [0.1, 0.15) is 0 Å². The second-order valence-corrected chi connectivity index (χ2v) is 5.38. The Kier molecular flexibility index (Phi) is 7.21. The number of urea groups is 1. The van der Waals surface area contributed by atoms with E-state index < -0.39 is 17.8 Å². The van der Waals surface area contributed by atoms with Crippen molar-refractivity contribution in [3.05, 3.63) is 29.3 Å². The Labute approximate surface area is 129 Å². The van der Waals surface area contributed by atoms with Crippen molar-refractivity contribution in [2.75, 3.05) is 5.32 Å². The lowest BCUT2D eigenvalue weighted by molar-refractivity contribution is -0.138. The summed E-state index contributed by atoms with van der Waals surface area (Å²) in [5.74, 6) is 0. The summed E-state index contributed by atoms with van der Waals surface area (Å²) in [5, 5.41) is 2.17. The molecule has 3 nitrogen and oxygen atoms in total. The fourth-order valence-electron chi connectivity index (χ4n) is 2.37. The zero-order chi connectivity index (χ0) is 16.6. The molecule has 3 N–H and O–H groups in total. The predicted octanol–water partition coefficient (Wildman–Crippen LogP) is 5.10. The third kappa shape index (κ3) is 6.37. The third-order valence-corrected chi connectivity index (χ3v) is 3.48. The van der Waals surface area contributed by atoms with Crippen molar-refractivity contribution in [3.8, 4) is 0 Å². The molecule has 22 heavy (non-hydrogen) atoms. The highest BCUT2D eigenvalue weighted by Gasteiger charge is 2.33. The van der Waals surface area contributed by atoms with Crippen LogP contribution in [-0.2, 0) is 12.6 Å². The van der Waals surface area contributed by atoms with Crippen LogP contribution in [0.2, 0.25) is 0 Å². The monoisotopic (exact) mass is 316 g/mol. The number of halogens is 3. The van der Waals surface area contributed by atoms with Crippen molar-refractivity contribution in [2.24, 2.45) is 5.73 Å². The fraction of sp³-hybridized carbons (Fsp3) is 0.562. The summed E-state index contributed by atoms with van der Waals surface area (Å²) in [6.45, 7) is 2.12. The van der Waals surface area contributed by atoms with E-state index in [0.717, 1.165) is 38.2 Å². The average Bonchev–Trinajstić information content (AvgIpc) is 2.42. The predicted molar refractivity (Wildman–Crippen MR) is 81.7 cm³/mol. The van der Waals surface area contributed by atoms with E-state index >= 15 is 0 Å². The smallest absolute Gasteiger partial charge is 0.351 e. The first kappa shape index (κ1) is 18.3. The highest BCUT2D eigenvalue weighted by atomic mass is 19.4. The van der Waals surface area contributed by atoms with E-state index in [-0.39, 0.29) is 11.3 Å². The van der Waals surface area contributed by atoms with Crippen LogP contribution in [0, 0.1) is 0 Å². The Balaban J connectivity index is 2.70. The van der Waals surface area contributed by atoms with Gasteiger partial charge in [0.2, 0.25) is 0 Å². The molecule has 0 atom stereocenters. The van der Waals surface area contributed by atoms with E-state index in [1.807, 2.05) is 0 Å². The number of aryl methyl sites for hydroxylation is 1. The van der Waals surface area contributed by atoms with Crippen molar-refractivity contribution in [1.82, 2.24) is 0 Å². The largest absolute Gasteiger partial charge is 0.416 e. The maximum absolute atomic E-state index is 13.1. The quantitative estimate of drug-likeness (QED) is 0.644. The van der Waals surface area contributed by atoms with Gasteiger partial charge in [0.05, 0.1) is 5.56 Å². The van der Waals surface area contributed by atoms with Crippen LogP contribution in [0.15, 0.2) is 18.2 Å². The first-order valence-corrected chi connectivity index (χ1v) is 7.61. The van der Waals surface area contributed by atoms with E-state index in [9.17, 15) is 18.0 Å². The van der Waals surface area contributed by atoms with Crippen molar-refractivity contribution in [3.63, 3.8) is 0 Å². The highest BCUT2D eigenvalue weighted by Crippen LogP contribution is 2.34. The molecule has 0 aliphatic carbocycles. The summed E-state index contributed by atoms with van der Waals surface area (Å²) in [5.41, 5.74) is 4.55. The molecular weight excluding hydrogens is 293 g/mol. The fourth-order valence-corrected chi connectivity index (χ4v) is 2.37. The highest BCUT2D eigenvalue weighted by molar-refractivity contribution is 5.87. The van der Waals surface area contributed by atoms with Gasteiger partial charge in [0.15, 0.2) is 0 Å². The number of hydrogen-bond donors (Lipinski definition) is 2. The Morgan fingerprint density at radius 2 is 1.77 bits per heavy atom. The first-order valence-electron chi connectivity index (χ1n) is 7.61. The number of primary amides is 1. The summed E-state index contributed by atoms with van der Waals surface area (Å²) >= 11 is 0. The second-order valence-electron chi connectivity index (χ2n) is 5.38. The van der Waals surface area contributed by atoms with Crippen LogP contribution in [0.3, 0.4) is 0 Å². The minimum Gasteiger partial charge on any atom is -0.351 e. The molecule has 0 heterocycles. The van der Waals surface area contributed by atoms with Crippen LogP contribution in [0.5, 0.6) is 0 Å². The minimum absolute atomic E-state index is 0.0616. The Hall–Kier alpha value is -1.72. The lowest BCUT2D eigenvalue weighted by Gasteiger charge is -2.14. The van der Waals surface area contributed by atoms with E-state index in [0.29, 0.717) is 6.42 Å². The summed E-state index contributed by atoms with van der Waals surface area (Å²) in [6.07, 6.45) is 2.10. The van der Waals surface area contributed by atoms with Gasteiger partial charge in [0.25, 0.3) is 0 Å². The number of carbonyl (C=O) groups excluding carboxylic acids is 1. The topological polar surface area (TPSA) is 55.1 Å². The second kappa shape index (κ2) is 8.66. The van der Waals surface area contributed by atoms with Gasteiger partial charge in [-0.2, -0.15) is 13.2 Å². The Morgan fingerprint density at radius 3 is 2.36 bits per heavy atom. The van der Waals surface area contributed by atoms with Crippen molar-refractivity contribution in [1.29, 1.82) is 0 Å². The van der Waals surface area contributed by atoms with Crippen molar-refractivity contribution >= 4 is 11.7 Å². The minimum atomic E-state index is -4.44. The van der Waals surface area contributed by atoms with Crippen LogP contribution < -0.4 is 11.1 Å². The zero-order valence-corrected chi connectivity index (χ0v) is 12.8. The normalized spacial score (nSPS) is 11.5. The molecule has 0 aromatic heterocycles. The molecule has 124 valence electrons. The standard InChI is InChI=1S/C16H23F3N2O/c1-2-3-4-5-6-7-8-12-9-10-13(21-15(20)22)11-14(12)16(17,18)19/h9-11H,2-8H2,1H3,(H3,20,21,22). The number of amides is 2. The van der Waals surface area contributed by atoms with Gasteiger partial charge in [-0.05, 0) is 30.5 Å². The summed E-state index contributed by atoms with van der Waals surface area (Å²) in [6, 6.07) is 2.93. The lowest BCUT2D eigenvalue weighted by atomic mass is 9.99. The van der Waals surface area contributed by atoms with Crippen LogP contribution in [0.1, 0.15) is 56.6 Å². The number of carbonyl (C=O) groups is 1. The molecule has 0 bridgehead atoms. The summed E-state index contributed by atoms with van der Waals surface area (Å²) < 4.78 is 39.3. The van der Waals surface area contributed by atoms with Crippen molar-refractivity contribution < 1.29 is 18.0 Å². The molecule has 1 aromatic rings. The van der Waals surface area contributed by atoms with Gasteiger partial charge < -0.3 is 11.1 Å². The number of benzene rings is 1. The number of unbranched alkanes of at least 4 members (excludes halogenated alkanes) is 5. The van der Waals surface area contributed by atoms with Crippen molar-refractivity contribution in [2.45, 2.75) is 58.0 Å². The molecule has 0 saturated heterocycles. The maximum Gasteiger partial charge on any atom is 0.416 e. The number of anilines is 1. The number of nitrogens with one attached hydrogen (secondary N) is 1. The van der Waals surface area contributed by atoms with Gasteiger partial charge in [0, 0.05) is 5.69 Å². The van der Waals surface area contributed by atoms with Gasteiger partial charge in [-0.15, -0.1) is 0 Å². The van der Waals surface area contributed by atoms with E-state index in [1.54, 1.807) is 0 Å². The zero-order valence-electron chi connectivity index (χ0n) is 12.8. The molecule has 0 unspecified atom stereocenters. The van der Waals surface area contributed by atoms with Crippen LogP contribution in [-0.4, -0.2) is 6.03 Å². The molecule has 0 spiro atoms. The van der Waals surface area contributed by atoms with E-state index in [2.05, 4.69) is 12.2 Å². The first-order chi connectivity index (χ1) is 10.3. The van der Waals surface area contributed by atoms with Gasteiger partial charge in [-0.1, -0.05) is 45.1 Å². The molecular formula is C16H23F3N2O. The summed E-state index contributed by atoms with van der Waals surface area (Å²) in [7, 11) is 0. The van der Waals surface area contributed by atoms with Crippen LogP contribution >= 0.6 is 0 Å². The number of rotatable bonds is 8. The third-order valence-electron chi connectivity index (χ3n) is 3.48. The molecule has 0 fully saturated rings. The Bertz CT molecular complexity index is 487. The molecule has 0 aliphatic rings.